The van der Waals surface area contributed by atoms with Crippen molar-refractivity contribution in [2.24, 2.45) is 0 Å². The second kappa shape index (κ2) is 15.8. The molecule has 2 aliphatic rings. The Morgan fingerprint density at radius 1 is 0.800 bits per heavy atom. The molecule has 258 valence electrons. The summed E-state index contributed by atoms with van der Waals surface area (Å²) in [5.74, 6) is 0.155. The monoisotopic (exact) mass is 750 g/mol. The lowest BCUT2D eigenvalue weighted by atomic mass is 9.95. The summed E-state index contributed by atoms with van der Waals surface area (Å²) in [4.78, 5) is 26.2. The Morgan fingerprint density at radius 2 is 1.38 bits per heavy atom. The molecule has 0 bridgehead atoms. The summed E-state index contributed by atoms with van der Waals surface area (Å²) in [6.07, 6.45) is 2.47. The van der Waals surface area contributed by atoms with Crippen molar-refractivity contribution in [2.75, 3.05) is 6.54 Å². The van der Waals surface area contributed by atoms with Gasteiger partial charge >= 0.3 is 6.09 Å². The highest BCUT2D eigenvalue weighted by molar-refractivity contribution is 7.89. The van der Waals surface area contributed by atoms with Gasteiger partial charge in [-0.15, -0.1) is 0 Å². The number of nitrogens with zero attached hydrogens (tertiary/aromatic N) is 3. The fraction of sp³-hybridized carbons (Fsp3) is 0.216. The van der Waals surface area contributed by atoms with Gasteiger partial charge in [0.15, 0.2) is 0 Å². The van der Waals surface area contributed by atoms with Crippen molar-refractivity contribution in [1.82, 2.24) is 19.4 Å². The number of ketones is 1. The molecule has 1 N–H and O–H groups in total. The highest BCUT2D eigenvalue weighted by atomic mass is 35.5. The molecule has 0 saturated carbocycles. The number of piperidine rings is 1. The number of carbonyl (C=O) groups excluding carboxylic acids is 2. The molecule has 2 atom stereocenters. The minimum absolute atomic E-state index is 0.155. The molecule has 0 spiro atoms. The Morgan fingerprint density at radius 3 is 2.00 bits per heavy atom. The normalized spacial score (nSPS) is 17.7. The van der Waals surface area contributed by atoms with Crippen LogP contribution in [0.5, 0.6) is 0 Å². The summed E-state index contributed by atoms with van der Waals surface area (Å²) < 4.78 is 33.6. The number of nitrogens with one attached hydrogen (secondary N) is 1. The molecule has 0 aliphatic carbocycles. The maximum Gasteiger partial charge on any atom is 0.410 e. The van der Waals surface area contributed by atoms with Crippen LogP contribution in [-0.2, 0) is 39.1 Å². The lowest BCUT2D eigenvalue weighted by Crippen LogP contribution is -2.41. The summed E-state index contributed by atoms with van der Waals surface area (Å²) in [7, 11) is -3.71. The first-order valence-corrected chi connectivity index (χ1v) is 18.4. The number of ether oxygens (including phenoxy) is 1. The standard InChI is InChI=1S/C19H18ClNO3.C18H15Cl2N3O2S/c20-16-8-6-15(7-9-16)18-12-17(22)10-11-21(18)19(23)24-13-14-4-2-1-3-5-14;19-14-3-1-12(2-4-14)18-9-17-13(10-21-22-17)11-23(18)26(24,25)16-7-5-15(20)6-8-16/h1-9,18H,10-13H2;1-8,10,18H,9,11H2,(H,21,22). The van der Waals surface area contributed by atoms with E-state index in [9.17, 15) is 18.0 Å². The average molecular weight is 752 g/mol. The summed E-state index contributed by atoms with van der Waals surface area (Å²) >= 11 is 17.8. The van der Waals surface area contributed by atoms with Gasteiger partial charge in [-0.25, -0.2) is 13.2 Å². The van der Waals surface area contributed by atoms with Gasteiger partial charge in [-0.1, -0.05) is 89.4 Å². The van der Waals surface area contributed by atoms with Gasteiger partial charge in [-0.05, 0) is 65.2 Å². The topological polar surface area (TPSA) is 113 Å². The molecule has 2 unspecified atom stereocenters. The van der Waals surface area contributed by atoms with Gasteiger partial charge in [0, 0.05) is 58.7 Å². The van der Waals surface area contributed by atoms with Crippen LogP contribution in [0.3, 0.4) is 0 Å². The third kappa shape index (κ3) is 8.39. The van der Waals surface area contributed by atoms with E-state index in [4.69, 9.17) is 39.5 Å². The highest BCUT2D eigenvalue weighted by Gasteiger charge is 2.37. The first kappa shape index (κ1) is 35.6. The van der Waals surface area contributed by atoms with E-state index in [0.29, 0.717) is 40.9 Å². The van der Waals surface area contributed by atoms with Gasteiger partial charge in [-0.2, -0.15) is 9.40 Å². The number of fused-ring (bicyclic) bond motifs is 1. The Hall–Kier alpha value is -4.19. The van der Waals surface area contributed by atoms with Crippen LogP contribution in [0.2, 0.25) is 15.1 Å². The van der Waals surface area contributed by atoms with E-state index in [1.807, 2.05) is 54.6 Å². The van der Waals surface area contributed by atoms with Crippen molar-refractivity contribution in [2.45, 2.75) is 49.4 Å². The number of likely N-dealkylation sites (tertiary alicyclic amines) is 1. The first-order valence-electron chi connectivity index (χ1n) is 15.9. The zero-order valence-corrected chi connectivity index (χ0v) is 29.8. The molecule has 9 nitrogen and oxygen atoms in total. The lowest BCUT2D eigenvalue weighted by molar-refractivity contribution is -0.122. The van der Waals surface area contributed by atoms with E-state index in [1.165, 1.54) is 16.4 Å². The van der Waals surface area contributed by atoms with E-state index < -0.39 is 16.1 Å². The number of Topliss-reactive ketones (excluding diaryl/α,β-unsaturated/α-hetero) is 1. The number of hydrogen-bond acceptors (Lipinski definition) is 6. The summed E-state index contributed by atoms with van der Waals surface area (Å²) in [5.41, 5.74) is 4.54. The lowest BCUT2D eigenvalue weighted by Gasteiger charge is -2.34. The molecule has 1 aromatic heterocycles. The number of halogens is 3. The van der Waals surface area contributed by atoms with Crippen LogP contribution in [0.4, 0.5) is 4.79 Å². The van der Waals surface area contributed by atoms with Crippen LogP contribution in [0, 0.1) is 0 Å². The van der Waals surface area contributed by atoms with Crippen LogP contribution in [0.25, 0.3) is 0 Å². The second-order valence-corrected chi connectivity index (χ2v) is 15.1. The summed E-state index contributed by atoms with van der Waals surface area (Å²) in [6.45, 7) is 0.849. The van der Waals surface area contributed by atoms with Gasteiger partial charge in [0.05, 0.1) is 23.2 Å². The van der Waals surface area contributed by atoms with E-state index >= 15 is 0 Å². The van der Waals surface area contributed by atoms with E-state index in [-0.39, 0.29) is 35.9 Å². The molecular formula is C37H33Cl3N4O5S. The van der Waals surface area contributed by atoms with Crippen molar-refractivity contribution >= 4 is 56.7 Å². The molecule has 50 heavy (non-hydrogen) atoms. The molecule has 2 aliphatic heterocycles. The number of benzene rings is 4. The Kier molecular flexibility index (Phi) is 11.2. The molecular weight excluding hydrogens is 719 g/mol. The first-order chi connectivity index (χ1) is 24.1. The smallest absolute Gasteiger partial charge is 0.410 e. The number of rotatable bonds is 6. The molecule has 1 saturated heterocycles. The number of carbonyl (C=O) groups is 2. The van der Waals surface area contributed by atoms with Crippen molar-refractivity contribution in [3.05, 3.63) is 152 Å². The fourth-order valence-corrected chi connectivity index (χ4v) is 7.99. The maximum absolute atomic E-state index is 13.3. The molecule has 5 aromatic rings. The van der Waals surface area contributed by atoms with Crippen molar-refractivity contribution in [3.8, 4) is 0 Å². The number of hydrogen-bond donors (Lipinski definition) is 1. The predicted molar refractivity (Wildman–Crippen MR) is 192 cm³/mol. The molecule has 4 aromatic carbocycles. The number of aromatic amines is 1. The Bertz CT molecular complexity index is 2040. The number of amides is 1. The fourth-order valence-electron chi connectivity index (χ4n) is 6.02. The van der Waals surface area contributed by atoms with E-state index in [1.54, 1.807) is 47.5 Å². The highest BCUT2D eigenvalue weighted by Crippen LogP contribution is 2.37. The van der Waals surface area contributed by atoms with Gasteiger partial charge in [0.1, 0.15) is 12.4 Å². The zero-order chi connectivity index (χ0) is 35.3. The second-order valence-electron chi connectivity index (χ2n) is 11.9. The molecule has 1 amide bonds. The predicted octanol–water partition coefficient (Wildman–Crippen LogP) is 8.59. The number of H-pyrrole nitrogens is 1. The van der Waals surface area contributed by atoms with Crippen LogP contribution >= 0.6 is 34.8 Å². The Labute approximate surface area is 305 Å². The van der Waals surface area contributed by atoms with Crippen LogP contribution in [-0.4, -0.2) is 46.2 Å². The van der Waals surface area contributed by atoms with Crippen LogP contribution < -0.4 is 0 Å². The van der Waals surface area contributed by atoms with Crippen molar-refractivity contribution < 1.29 is 22.7 Å². The van der Waals surface area contributed by atoms with Gasteiger partial charge in [-0.3, -0.25) is 9.89 Å². The van der Waals surface area contributed by atoms with Gasteiger partial charge in [0.2, 0.25) is 10.0 Å². The largest absolute Gasteiger partial charge is 0.445 e. The van der Waals surface area contributed by atoms with Crippen LogP contribution in [0.1, 0.15) is 52.9 Å². The van der Waals surface area contributed by atoms with E-state index in [2.05, 4.69) is 10.2 Å². The van der Waals surface area contributed by atoms with Crippen molar-refractivity contribution in [3.63, 3.8) is 0 Å². The molecule has 7 rings (SSSR count). The maximum atomic E-state index is 13.3. The minimum atomic E-state index is -3.71. The van der Waals surface area contributed by atoms with Gasteiger partial charge < -0.3 is 9.64 Å². The molecule has 13 heteroatoms. The minimum Gasteiger partial charge on any atom is -0.445 e. The van der Waals surface area contributed by atoms with Crippen LogP contribution in [0.15, 0.2) is 114 Å². The van der Waals surface area contributed by atoms with E-state index in [0.717, 1.165) is 27.9 Å². The average Bonchev–Trinajstić information content (AvgIpc) is 3.60. The molecule has 3 heterocycles. The number of aromatic nitrogens is 2. The molecule has 0 radical (unpaired) electrons. The summed E-state index contributed by atoms with van der Waals surface area (Å²) in [5, 5.41) is 8.76. The van der Waals surface area contributed by atoms with Gasteiger partial charge in [0.25, 0.3) is 0 Å². The summed E-state index contributed by atoms with van der Waals surface area (Å²) in [6, 6.07) is 29.6. The Balaban J connectivity index is 0.000000174. The number of sulfonamides is 1. The third-order valence-corrected chi connectivity index (χ3v) is 11.3. The third-order valence-electron chi connectivity index (χ3n) is 8.68. The molecule has 1 fully saturated rings. The SMILES string of the molecule is O=C1CCN(C(=O)OCc2ccccc2)C(c2ccc(Cl)cc2)C1.O=S(=O)(c1ccc(Cl)cc1)N1Cc2cn[nH]c2CC1c1ccc(Cl)cc1. The van der Waals surface area contributed by atoms with Crippen molar-refractivity contribution in [1.29, 1.82) is 0 Å². The quantitative estimate of drug-likeness (QED) is 0.186. The zero-order valence-electron chi connectivity index (χ0n) is 26.7.